The summed E-state index contributed by atoms with van der Waals surface area (Å²) in [6, 6.07) is 15.0. The van der Waals surface area contributed by atoms with E-state index in [2.05, 4.69) is 31.9 Å². The smallest absolute Gasteiger partial charge is 0.319 e. The summed E-state index contributed by atoms with van der Waals surface area (Å²) >= 11 is 9.83. The van der Waals surface area contributed by atoms with Gasteiger partial charge in [0.2, 0.25) is 0 Å². The van der Waals surface area contributed by atoms with E-state index in [1.807, 2.05) is 25.1 Å². The van der Waals surface area contributed by atoms with Gasteiger partial charge < -0.3 is 25.4 Å². The molecule has 0 fully saturated rings. The second-order valence-electron chi connectivity index (χ2n) is 8.16. The molecule has 0 spiro atoms. The Labute approximate surface area is 227 Å². The number of ether oxygens (including phenoxy) is 2. The molecule has 0 unspecified atom stereocenters. The lowest BCUT2D eigenvalue weighted by Crippen LogP contribution is -2.46. The number of benzene rings is 3. The zero-order valence-electron chi connectivity index (χ0n) is 20.0. The Kier molecular flexibility index (Phi) is 8.35. The lowest BCUT2D eigenvalue weighted by Gasteiger charge is -2.30. The Bertz CT molecular complexity index is 1360. The summed E-state index contributed by atoms with van der Waals surface area (Å²) in [5.41, 5.74) is 2.50. The predicted octanol–water partition coefficient (Wildman–Crippen LogP) is 6.49. The van der Waals surface area contributed by atoms with Crippen molar-refractivity contribution in [2.75, 3.05) is 11.9 Å². The van der Waals surface area contributed by atoms with Crippen molar-refractivity contribution in [3.05, 3.63) is 98.4 Å². The Morgan fingerprint density at radius 1 is 1.11 bits per heavy atom. The van der Waals surface area contributed by atoms with Crippen LogP contribution in [0.3, 0.4) is 0 Å². The van der Waals surface area contributed by atoms with Crippen LogP contribution in [0.5, 0.6) is 11.5 Å². The highest BCUT2D eigenvalue weighted by atomic mass is 79.9. The van der Waals surface area contributed by atoms with E-state index in [0.29, 0.717) is 44.5 Å². The van der Waals surface area contributed by atoms with E-state index in [-0.39, 0.29) is 12.2 Å². The van der Waals surface area contributed by atoms with Gasteiger partial charge in [-0.25, -0.2) is 9.18 Å². The van der Waals surface area contributed by atoms with Crippen molar-refractivity contribution in [3.8, 4) is 11.5 Å². The Hall–Kier alpha value is -3.56. The molecule has 0 radical (unpaired) electrons. The van der Waals surface area contributed by atoms with E-state index in [9.17, 15) is 14.0 Å². The summed E-state index contributed by atoms with van der Waals surface area (Å²) in [5, 5.41) is 8.80. The van der Waals surface area contributed by atoms with Crippen LogP contribution >= 0.6 is 27.5 Å². The van der Waals surface area contributed by atoms with Gasteiger partial charge in [0.1, 0.15) is 12.4 Å². The number of nitrogens with one attached hydrogen (secondary N) is 3. The third kappa shape index (κ3) is 6.23. The Morgan fingerprint density at radius 2 is 1.81 bits per heavy atom. The van der Waals surface area contributed by atoms with Crippen molar-refractivity contribution in [2.45, 2.75) is 26.5 Å². The standard InChI is InChI=1S/C27H24BrClFN3O4/c1-3-36-22-12-19(20(28)13-23(22)37-14-16-6-4-5-7-21(16)29)25-24(15(2)31-27(35)33-25)26(34)32-18-10-8-17(30)9-11-18/h4-13,25H,3,14H2,1-2H3,(H,32,34)(H2,31,33,35)/t25-/m0/s1. The number of carbonyl (C=O) groups is 2. The van der Waals surface area contributed by atoms with Crippen LogP contribution in [0.2, 0.25) is 5.02 Å². The van der Waals surface area contributed by atoms with Crippen LogP contribution in [0.1, 0.15) is 31.0 Å². The normalized spacial score (nSPS) is 15.1. The van der Waals surface area contributed by atoms with E-state index in [0.717, 1.165) is 5.56 Å². The minimum atomic E-state index is -0.805. The summed E-state index contributed by atoms with van der Waals surface area (Å²) in [7, 11) is 0. The molecule has 3 aromatic rings. The molecule has 4 rings (SSSR count). The number of hydrogen-bond donors (Lipinski definition) is 3. The molecule has 1 aliphatic rings. The molecule has 0 saturated carbocycles. The second-order valence-corrected chi connectivity index (χ2v) is 9.43. The Balaban J connectivity index is 1.67. The zero-order chi connectivity index (χ0) is 26.5. The van der Waals surface area contributed by atoms with E-state index in [4.69, 9.17) is 21.1 Å². The van der Waals surface area contributed by atoms with Gasteiger partial charge >= 0.3 is 6.03 Å². The molecule has 3 N–H and O–H groups in total. The third-order valence-electron chi connectivity index (χ3n) is 5.63. The van der Waals surface area contributed by atoms with E-state index in [1.54, 1.807) is 25.1 Å². The van der Waals surface area contributed by atoms with Crippen LogP contribution in [0, 0.1) is 5.82 Å². The number of anilines is 1. The molecule has 0 saturated heterocycles. The van der Waals surface area contributed by atoms with Crippen LogP contribution in [-0.2, 0) is 11.4 Å². The van der Waals surface area contributed by atoms with Gasteiger partial charge in [0, 0.05) is 26.4 Å². The molecule has 192 valence electrons. The lowest BCUT2D eigenvalue weighted by molar-refractivity contribution is -0.113. The molecular formula is C27H24BrClFN3O4. The molecule has 0 bridgehead atoms. The minimum Gasteiger partial charge on any atom is -0.490 e. The van der Waals surface area contributed by atoms with Crippen molar-refractivity contribution in [1.29, 1.82) is 0 Å². The number of carbonyl (C=O) groups excluding carboxylic acids is 2. The molecule has 1 heterocycles. The fourth-order valence-corrected chi connectivity index (χ4v) is 4.63. The van der Waals surface area contributed by atoms with Crippen LogP contribution < -0.4 is 25.4 Å². The molecule has 1 aliphatic heterocycles. The van der Waals surface area contributed by atoms with Crippen molar-refractivity contribution < 1.29 is 23.5 Å². The Morgan fingerprint density at radius 3 is 2.51 bits per heavy atom. The SMILES string of the molecule is CCOc1cc([C@@H]2NC(=O)NC(C)=C2C(=O)Nc2ccc(F)cc2)c(Br)cc1OCc1ccccc1Cl. The fraction of sp³-hybridized carbons (Fsp3) is 0.185. The number of halogens is 3. The maximum absolute atomic E-state index is 13.3. The van der Waals surface area contributed by atoms with Crippen molar-refractivity contribution in [3.63, 3.8) is 0 Å². The van der Waals surface area contributed by atoms with Crippen molar-refractivity contribution >= 4 is 45.2 Å². The van der Waals surface area contributed by atoms with E-state index < -0.39 is 23.8 Å². The third-order valence-corrected chi connectivity index (χ3v) is 6.69. The first-order valence-electron chi connectivity index (χ1n) is 11.4. The van der Waals surface area contributed by atoms with E-state index >= 15 is 0 Å². The number of allylic oxidation sites excluding steroid dienone is 1. The highest BCUT2D eigenvalue weighted by Gasteiger charge is 2.33. The highest BCUT2D eigenvalue weighted by molar-refractivity contribution is 9.10. The van der Waals surface area contributed by atoms with E-state index in [1.165, 1.54) is 24.3 Å². The first-order chi connectivity index (χ1) is 17.8. The molecule has 3 aromatic carbocycles. The summed E-state index contributed by atoms with van der Waals surface area (Å²) in [6.07, 6.45) is 0. The van der Waals surface area contributed by atoms with Crippen molar-refractivity contribution in [2.24, 2.45) is 0 Å². The number of hydrogen-bond acceptors (Lipinski definition) is 4. The van der Waals surface area contributed by atoms with Gasteiger partial charge in [-0.1, -0.05) is 45.7 Å². The molecular weight excluding hydrogens is 565 g/mol. The van der Waals surface area contributed by atoms with Gasteiger partial charge in [-0.2, -0.15) is 0 Å². The molecule has 1 atom stereocenters. The second kappa shape index (κ2) is 11.7. The average molecular weight is 589 g/mol. The van der Waals surface area contributed by atoms with Gasteiger partial charge in [0.05, 0.1) is 18.2 Å². The van der Waals surface area contributed by atoms with Crippen LogP contribution in [-0.4, -0.2) is 18.5 Å². The molecule has 3 amide bonds. The van der Waals surface area contributed by atoms with Gasteiger partial charge in [-0.05, 0) is 61.9 Å². The summed E-state index contributed by atoms with van der Waals surface area (Å²) in [5.74, 6) is 0.0414. The number of amides is 3. The first-order valence-corrected chi connectivity index (χ1v) is 12.6. The highest BCUT2D eigenvalue weighted by Crippen LogP contribution is 2.40. The monoisotopic (exact) mass is 587 g/mol. The quantitative estimate of drug-likeness (QED) is 0.281. The summed E-state index contributed by atoms with van der Waals surface area (Å²) < 4.78 is 25.8. The fourth-order valence-electron chi connectivity index (χ4n) is 3.88. The van der Waals surface area contributed by atoms with Gasteiger partial charge in [-0.15, -0.1) is 0 Å². The van der Waals surface area contributed by atoms with Gasteiger partial charge in [-0.3, -0.25) is 4.79 Å². The zero-order valence-corrected chi connectivity index (χ0v) is 22.4. The lowest BCUT2D eigenvalue weighted by atomic mass is 9.94. The topological polar surface area (TPSA) is 88.7 Å². The van der Waals surface area contributed by atoms with Crippen LogP contribution in [0.25, 0.3) is 0 Å². The van der Waals surface area contributed by atoms with Crippen LogP contribution in [0.15, 0.2) is 76.4 Å². The minimum absolute atomic E-state index is 0.222. The maximum Gasteiger partial charge on any atom is 0.319 e. The molecule has 7 nitrogen and oxygen atoms in total. The predicted molar refractivity (Wildman–Crippen MR) is 143 cm³/mol. The largest absolute Gasteiger partial charge is 0.490 e. The van der Waals surface area contributed by atoms with Gasteiger partial charge in [0.25, 0.3) is 5.91 Å². The first kappa shape index (κ1) is 26.5. The van der Waals surface area contributed by atoms with Crippen LogP contribution in [0.4, 0.5) is 14.9 Å². The molecule has 0 aliphatic carbocycles. The average Bonchev–Trinajstić information content (AvgIpc) is 2.85. The van der Waals surface area contributed by atoms with Crippen molar-refractivity contribution in [1.82, 2.24) is 10.6 Å². The maximum atomic E-state index is 13.3. The summed E-state index contributed by atoms with van der Waals surface area (Å²) in [4.78, 5) is 25.7. The van der Waals surface area contributed by atoms with Gasteiger partial charge in [0.15, 0.2) is 11.5 Å². The summed E-state index contributed by atoms with van der Waals surface area (Å²) in [6.45, 7) is 4.08. The molecule has 37 heavy (non-hydrogen) atoms. The number of rotatable bonds is 8. The molecule has 0 aromatic heterocycles. The number of urea groups is 1. The molecule has 10 heteroatoms.